The Kier molecular flexibility index (Phi) is 3.95. The molecule has 5 nitrogen and oxygen atoms in total. The van der Waals surface area contributed by atoms with Crippen molar-refractivity contribution >= 4 is 11.7 Å². The highest BCUT2D eigenvalue weighted by Crippen LogP contribution is 2.34. The average molecular weight is 329 g/mol. The third-order valence-corrected chi connectivity index (χ3v) is 4.21. The van der Waals surface area contributed by atoms with Gasteiger partial charge in [0.2, 0.25) is 5.91 Å². The highest BCUT2D eigenvalue weighted by Gasteiger charge is 2.38. The van der Waals surface area contributed by atoms with Gasteiger partial charge in [-0.25, -0.2) is 4.98 Å². The molecule has 126 valence electrons. The van der Waals surface area contributed by atoms with Gasteiger partial charge in [-0.05, 0) is 19.9 Å². The van der Waals surface area contributed by atoms with Crippen molar-refractivity contribution in [2.75, 3.05) is 24.6 Å². The molecule has 0 bridgehead atoms. The van der Waals surface area contributed by atoms with E-state index in [-0.39, 0.29) is 31.1 Å². The Morgan fingerprint density at radius 1 is 1.39 bits per heavy atom. The van der Waals surface area contributed by atoms with Crippen molar-refractivity contribution in [2.45, 2.75) is 38.7 Å². The third kappa shape index (κ3) is 2.99. The summed E-state index contributed by atoms with van der Waals surface area (Å²) in [7, 11) is 0. The number of amides is 1. The van der Waals surface area contributed by atoms with Gasteiger partial charge in [0, 0.05) is 24.3 Å². The predicted octanol–water partition coefficient (Wildman–Crippen LogP) is 2.06. The van der Waals surface area contributed by atoms with Crippen LogP contribution in [0.1, 0.15) is 25.0 Å². The van der Waals surface area contributed by atoms with Crippen LogP contribution in [0.25, 0.3) is 0 Å². The second-order valence-electron chi connectivity index (χ2n) is 6.14. The van der Waals surface area contributed by atoms with E-state index >= 15 is 0 Å². The molecular formula is C15H18F3N3O2. The van der Waals surface area contributed by atoms with Crippen molar-refractivity contribution in [1.82, 2.24) is 9.88 Å². The van der Waals surface area contributed by atoms with Gasteiger partial charge < -0.3 is 14.5 Å². The maximum atomic E-state index is 12.8. The van der Waals surface area contributed by atoms with Crippen LogP contribution >= 0.6 is 0 Å². The lowest BCUT2D eigenvalue weighted by Gasteiger charge is -2.42. The number of pyridine rings is 1. The standard InChI is InChI=1S/C15H18F3N3O2/c1-9(2)20-5-12-8-23-7-10-3-11(15(16,17)18)4-19-14(10)21(12)6-13(20)22/h3-4,9,12H,5-8H2,1-2H3/t12-/m1/s1. The molecule has 0 spiro atoms. The molecular weight excluding hydrogens is 311 g/mol. The largest absolute Gasteiger partial charge is 0.417 e. The molecule has 0 N–H and O–H groups in total. The molecule has 3 heterocycles. The fraction of sp³-hybridized carbons (Fsp3) is 0.600. The Morgan fingerprint density at radius 3 is 2.78 bits per heavy atom. The number of hydrogen-bond donors (Lipinski definition) is 0. The number of alkyl halides is 3. The third-order valence-electron chi connectivity index (χ3n) is 4.21. The van der Waals surface area contributed by atoms with Crippen LogP contribution in [0.4, 0.5) is 19.0 Å². The van der Waals surface area contributed by atoms with Crippen molar-refractivity contribution < 1.29 is 22.7 Å². The van der Waals surface area contributed by atoms with Crippen molar-refractivity contribution in [3.05, 3.63) is 23.4 Å². The molecule has 2 aliphatic heterocycles. The molecule has 3 rings (SSSR count). The van der Waals surface area contributed by atoms with Gasteiger partial charge in [-0.2, -0.15) is 13.2 Å². The van der Waals surface area contributed by atoms with Gasteiger partial charge in [0.15, 0.2) is 0 Å². The van der Waals surface area contributed by atoms with Crippen molar-refractivity contribution in [2.24, 2.45) is 0 Å². The minimum atomic E-state index is -4.44. The summed E-state index contributed by atoms with van der Waals surface area (Å²) in [6.45, 7) is 4.89. The van der Waals surface area contributed by atoms with Crippen LogP contribution in [0.3, 0.4) is 0 Å². The monoisotopic (exact) mass is 329 g/mol. The van der Waals surface area contributed by atoms with E-state index in [2.05, 4.69) is 4.98 Å². The summed E-state index contributed by atoms with van der Waals surface area (Å²) in [5.74, 6) is 0.364. The van der Waals surface area contributed by atoms with Gasteiger partial charge >= 0.3 is 6.18 Å². The number of ether oxygens (including phenoxy) is 1. The summed E-state index contributed by atoms with van der Waals surface area (Å²) in [4.78, 5) is 19.8. The number of fused-ring (bicyclic) bond motifs is 3. The first kappa shape index (κ1) is 16.0. The first-order chi connectivity index (χ1) is 10.8. The Bertz CT molecular complexity index is 618. The predicted molar refractivity (Wildman–Crippen MR) is 76.9 cm³/mol. The quantitative estimate of drug-likeness (QED) is 0.791. The van der Waals surface area contributed by atoms with Crippen molar-refractivity contribution in [1.29, 1.82) is 0 Å². The van der Waals surface area contributed by atoms with Crippen LogP contribution < -0.4 is 4.90 Å². The van der Waals surface area contributed by atoms with E-state index in [4.69, 9.17) is 4.74 Å². The first-order valence-corrected chi connectivity index (χ1v) is 7.47. The van der Waals surface area contributed by atoms with E-state index in [1.807, 2.05) is 13.8 Å². The molecule has 8 heteroatoms. The number of piperazine rings is 1. The summed E-state index contributed by atoms with van der Waals surface area (Å²) in [5.41, 5.74) is -0.432. The molecule has 1 atom stereocenters. The molecule has 1 amide bonds. The fourth-order valence-electron chi connectivity index (χ4n) is 3.01. The molecule has 1 saturated heterocycles. The summed E-state index contributed by atoms with van der Waals surface area (Å²) < 4.78 is 44.1. The Hall–Kier alpha value is -1.83. The van der Waals surface area contributed by atoms with Gasteiger partial charge in [-0.15, -0.1) is 0 Å². The lowest BCUT2D eigenvalue weighted by molar-refractivity contribution is -0.138. The maximum absolute atomic E-state index is 12.8. The smallest absolute Gasteiger partial charge is 0.374 e. The maximum Gasteiger partial charge on any atom is 0.417 e. The normalized spacial score (nSPS) is 22.0. The number of anilines is 1. The van der Waals surface area contributed by atoms with Crippen LogP contribution in [0, 0.1) is 0 Å². The summed E-state index contributed by atoms with van der Waals surface area (Å²) >= 11 is 0. The van der Waals surface area contributed by atoms with Crippen molar-refractivity contribution in [3.8, 4) is 0 Å². The van der Waals surface area contributed by atoms with E-state index in [0.717, 1.165) is 12.3 Å². The topological polar surface area (TPSA) is 45.7 Å². The van der Waals surface area contributed by atoms with Crippen LogP contribution in [0.15, 0.2) is 12.3 Å². The zero-order valence-electron chi connectivity index (χ0n) is 12.9. The minimum absolute atomic E-state index is 0.0502. The second kappa shape index (κ2) is 5.67. The average Bonchev–Trinajstić information content (AvgIpc) is 2.63. The molecule has 0 saturated carbocycles. The van der Waals surface area contributed by atoms with E-state index < -0.39 is 11.7 Å². The fourth-order valence-corrected chi connectivity index (χ4v) is 3.01. The van der Waals surface area contributed by atoms with E-state index in [9.17, 15) is 18.0 Å². The highest BCUT2D eigenvalue weighted by molar-refractivity contribution is 5.83. The molecule has 0 radical (unpaired) electrons. The number of carbonyl (C=O) groups excluding carboxylic acids is 1. The van der Waals surface area contributed by atoms with Crippen LogP contribution in [0.2, 0.25) is 0 Å². The Balaban J connectivity index is 1.94. The summed E-state index contributed by atoms with van der Waals surface area (Å²) in [5, 5.41) is 0. The summed E-state index contributed by atoms with van der Waals surface area (Å²) in [6, 6.07) is 1.04. The van der Waals surface area contributed by atoms with Gasteiger partial charge in [-0.1, -0.05) is 0 Å². The van der Waals surface area contributed by atoms with E-state index in [1.54, 1.807) is 9.80 Å². The molecule has 23 heavy (non-hydrogen) atoms. The van der Waals surface area contributed by atoms with Gasteiger partial charge in [-0.3, -0.25) is 4.79 Å². The number of hydrogen-bond acceptors (Lipinski definition) is 4. The van der Waals surface area contributed by atoms with Gasteiger partial charge in [0.05, 0.1) is 31.4 Å². The number of halogens is 3. The van der Waals surface area contributed by atoms with E-state index in [0.29, 0.717) is 24.5 Å². The van der Waals surface area contributed by atoms with Gasteiger partial charge in [0.1, 0.15) is 5.82 Å². The zero-order valence-corrected chi connectivity index (χ0v) is 12.9. The van der Waals surface area contributed by atoms with Crippen molar-refractivity contribution in [3.63, 3.8) is 0 Å². The van der Waals surface area contributed by atoms with Crippen LogP contribution in [-0.2, 0) is 22.3 Å². The zero-order chi connectivity index (χ0) is 16.8. The SMILES string of the molecule is CC(C)N1C[C@@H]2COCc3cc(C(F)(F)F)cnc3N2CC1=O. The molecule has 1 fully saturated rings. The molecule has 1 aromatic heterocycles. The van der Waals surface area contributed by atoms with E-state index in [1.165, 1.54) is 0 Å². The van der Waals surface area contributed by atoms with Gasteiger partial charge in [0.25, 0.3) is 0 Å². The first-order valence-electron chi connectivity index (χ1n) is 7.47. The minimum Gasteiger partial charge on any atom is -0.374 e. The molecule has 1 aromatic rings. The Morgan fingerprint density at radius 2 is 2.13 bits per heavy atom. The number of aromatic nitrogens is 1. The van der Waals surface area contributed by atoms with Crippen LogP contribution in [0.5, 0.6) is 0 Å². The molecule has 0 aliphatic carbocycles. The molecule has 0 aromatic carbocycles. The number of rotatable bonds is 1. The number of nitrogens with zero attached hydrogens (tertiary/aromatic N) is 3. The second-order valence-corrected chi connectivity index (χ2v) is 6.14. The Labute approximate surface area is 132 Å². The summed E-state index contributed by atoms with van der Waals surface area (Å²) in [6.07, 6.45) is -3.62. The highest BCUT2D eigenvalue weighted by atomic mass is 19.4. The lowest BCUT2D eigenvalue weighted by Crippen LogP contribution is -2.59. The number of carbonyl (C=O) groups is 1. The molecule has 2 aliphatic rings. The van der Waals surface area contributed by atoms with Crippen LogP contribution in [-0.4, -0.2) is 47.6 Å². The lowest BCUT2D eigenvalue weighted by atomic mass is 10.1. The molecule has 0 unspecified atom stereocenters.